The van der Waals surface area contributed by atoms with Crippen LogP contribution in [0.3, 0.4) is 0 Å². The Morgan fingerprint density at radius 2 is 2.33 bits per heavy atom. The molecule has 0 aromatic carbocycles. The summed E-state index contributed by atoms with van der Waals surface area (Å²) in [4.78, 5) is 13.4. The lowest BCUT2D eigenvalue weighted by atomic mass is 10.3. The molecular weight excluding hydrogens is 230 g/mol. The maximum atomic E-state index is 11.6. The molecule has 1 aromatic rings. The number of thiophene rings is 1. The summed E-state index contributed by atoms with van der Waals surface area (Å²) < 4.78 is 5.12. The summed E-state index contributed by atoms with van der Waals surface area (Å²) in [5.41, 5.74) is 1.11. The highest BCUT2D eigenvalue weighted by Crippen LogP contribution is 2.24. The number of aryl methyl sites for hydroxylation is 1. The van der Waals surface area contributed by atoms with E-state index in [2.05, 4.69) is 0 Å². The lowest BCUT2D eigenvalue weighted by Gasteiger charge is -2.05. The van der Waals surface area contributed by atoms with Gasteiger partial charge >= 0.3 is 5.97 Å². The van der Waals surface area contributed by atoms with E-state index in [1.807, 2.05) is 26.8 Å². The van der Waals surface area contributed by atoms with Gasteiger partial charge in [-0.1, -0.05) is 11.9 Å². The maximum Gasteiger partial charge on any atom is 0.348 e. The minimum atomic E-state index is -0.244. The third-order valence-electron chi connectivity index (χ3n) is 1.80. The second-order valence-corrected chi connectivity index (χ2v) is 5.34. The molecule has 0 bridgehead atoms. The van der Waals surface area contributed by atoms with Gasteiger partial charge in [0.25, 0.3) is 0 Å². The lowest BCUT2D eigenvalue weighted by Crippen LogP contribution is -2.10. The van der Waals surface area contributed by atoms with Crippen LogP contribution < -0.4 is 5.14 Å². The quantitative estimate of drug-likeness (QED) is 0.654. The predicted octanol–water partition coefficient (Wildman–Crippen LogP) is 2.73. The Kier molecular flexibility index (Phi) is 4.63. The van der Waals surface area contributed by atoms with Crippen LogP contribution in [0.15, 0.2) is 6.07 Å². The van der Waals surface area contributed by atoms with Gasteiger partial charge in [0.2, 0.25) is 0 Å². The van der Waals surface area contributed by atoms with Gasteiger partial charge in [-0.3, -0.25) is 5.14 Å². The van der Waals surface area contributed by atoms with Gasteiger partial charge in [-0.15, -0.1) is 11.3 Å². The second kappa shape index (κ2) is 5.53. The first-order valence-corrected chi connectivity index (χ1v) is 6.53. The zero-order chi connectivity index (χ0) is 11.4. The van der Waals surface area contributed by atoms with Crippen molar-refractivity contribution in [2.75, 3.05) is 0 Å². The molecule has 1 aromatic heterocycles. The Labute approximate surface area is 98.1 Å². The highest BCUT2D eigenvalue weighted by atomic mass is 32.2. The van der Waals surface area contributed by atoms with Crippen molar-refractivity contribution >= 4 is 29.3 Å². The van der Waals surface area contributed by atoms with Crippen LogP contribution in [0.5, 0.6) is 0 Å². The van der Waals surface area contributed by atoms with Crippen LogP contribution in [0.25, 0.3) is 0 Å². The smallest absolute Gasteiger partial charge is 0.348 e. The van der Waals surface area contributed by atoms with Crippen LogP contribution >= 0.6 is 23.3 Å². The van der Waals surface area contributed by atoms with Crippen LogP contribution in [0.2, 0.25) is 0 Å². The number of hydrogen-bond acceptors (Lipinski definition) is 5. The number of nitrogens with two attached hydrogens (primary N) is 1. The van der Waals surface area contributed by atoms with Gasteiger partial charge in [0.1, 0.15) is 4.88 Å². The van der Waals surface area contributed by atoms with Gasteiger partial charge in [-0.2, -0.15) is 0 Å². The first-order valence-electron chi connectivity index (χ1n) is 4.66. The molecule has 0 fully saturated rings. The number of hydrogen-bond donors (Lipinski definition) is 1. The molecule has 5 heteroatoms. The van der Waals surface area contributed by atoms with Gasteiger partial charge in [-0.05, 0) is 32.4 Å². The summed E-state index contributed by atoms with van der Waals surface area (Å²) in [6.45, 7) is 5.67. The van der Waals surface area contributed by atoms with E-state index in [1.54, 1.807) is 0 Å². The number of esters is 1. The Morgan fingerprint density at radius 1 is 1.67 bits per heavy atom. The second-order valence-electron chi connectivity index (χ2n) is 3.46. The molecule has 0 radical (unpaired) electrons. The molecule has 0 saturated heterocycles. The van der Waals surface area contributed by atoms with Crippen molar-refractivity contribution in [3.8, 4) is 0 Å². The number of rotatable bonds is 4. The topological polar surface area (TPSA) is 52.3 Å². The van der Waals surface area contributed by atoms with Crippen molar-refractivity contribution in [2.24, 2.45) is 5.14 Å². The van der Waals surface area contributed by atoms with Gasteiger partial charge < -0.3 is 4.74 Å². The third-order valence-corrected chi connectivity index (χ3v) is 3.35. The van der Waals surface area contributed by atoms with Crippen molar-refractivity contribution in [1.82, 2.24) is 0 Å². The molecule has 84 valence electrons. The molecule has 0 spiro atoms. The van der Waals surface area contributed by atoms with Gasteiger partial charge in [0, 0.05) is 10.6 Å². The molecular formula is C10H15NO2S2. The molecule has 0 saturated carbocycles. The van der Waals surface area contributed by atoms with Crippen LogP contribution in [-0.2, 0) is 10.5 Å². The van der Waals surface area contributed by atoms with Crippen molar-refractivity contribution in [1.29, 1.82) is 0 Å². The van der Waals surface area contributed by atoms with E-state index in [4.69, 9.17) is 9.88 Å². The van der Waals surface area contributed by atoms with Crippen molar-refractivity contribution in [3.63, 3.8) is 0 Å². The monoisotopic (exact) mass is 245 g/mol. The fourth-order valence-corrected chi connectivity index (χ4v) is 2.62. The van der Waals surface area contributed by atoms with Crippen LogP contribution in [0, 0.1) is 6.92 Å². The van der Waals surface area contributed by atoms with Crippen molar-refractivity contribution in [2.45, 2.75) is 32.6 Å². The molecule has 1 rings (SSSR count). The molecule has 2 N–H and O–H groups in total. The van der Waals surface area contributed by atoms with Crippen LogP contribution in [-0.4, -0.2) is 12.1 Å². The highest BCUT2D eigenvalue weighted by molar-refractivity contribution is 7.96. The summed E-state index contributed by atoms with van der Waals surface area (Å²) in [7, 11) is 0. The Bertz CT molecular complexity index is 347. The average molecular weight is 245 g/mol. The standard InChI is InChI=1S/C10H15NO2S2/c1-6(2)13-10(12)9-4-8(5-14-11)7(3)15-9/h4,6H,5,11H2,1-3H3. The summed E-state index contributed by atoms with van der Waals surface area (Å²) in [6, 6.07) is 1.87. The zero-order valence-corrected chi connectivity index (χ0v) is 10.7. The van der Waals surface area contributed by atoms with E-state index >= 15 is 0 Å². The van der Waals surface area contributed by atoms with Crippen LogP contribution in [0.1, 0.15) is 34.0 Å². The van der Waals surface area contributed by atoms with E-state index in [9.17, 15) is 4.79 Å². The largest absolute Gasteiger partial charge is 0.459 e. The first kappa shape index (κ1) is 12.5. The average Bonchev–Trinajstić information content (AvgIpc) is 2.47. The van der Waals surface area contributed by atoms with Gasteiger partial charge in [-0.25, -0.2) is 4.79 Å². The lowest BCUT2D eigenvalue weighted by molar-refractivity contribution is 0.0384. The van der Waals surface area contributed by atoms with E-state index in [0.717, 1.165) is 16.2 Å². The minimum Gasteiger partial charge on any atom is -0.459 e. The number of ether oxygens (including phenoxy) is 1. The summed E-state index contributed by atoms with van der Waals surface area (Å²) in [6.07, 6.45) is -0.0766. The summed E-state index contributed by atoms with van der Waals surface area (Å²) in [5, 5.41) is 5.40. The number of carbonyl (C=O) groups is 1. The third kappa shape index (κ3) is 3.52. The molecule has 0 aliphatic carbocycles. The maximum absolute atomic E-state index is 11.6. The van der Waals surface area contributed by atoms with Crippen LogP contribution in [0.4, 0.5) is 0 Å². The molecule has 15 heavy (non-hydrogen) atoms. The number of carbonyl (C=O) groups excluding carboxylic acids is 1. The molecule has 0 aliphatic rings. The van der Waals surface area contributed by atoms with Crippen molar-refractivity contribution < 1.29 is 9.53 Å². The molecule has 0 unspecified atom stereocenters. The van der Waals surface area contributed by atoms with E-state index in [0.29, 0.717) is 4.88 Å². The first-order chi connectivity index (χ1) is 7.04. The fraction of sp³-hybridized carbons (Fsp3) is 0.500. The zero-order valence-electron chi connectivity index (χ0n) is 9.07. The summed E-state index contributed by atoms with van der Waals surface area (Å²) in [5.74, 6) is 0.489. The molecule has 0 aliphatic heterocycles. The van der Waals surface area contributed by atoms with Gasteiger partial charge in [0.05, 0.1) is 6.10 Å². The predicted molar refractivity (Wildman–Crippen MR) is 65.1 cm³/mol. The Balaban J connectivity index is 2.78. The van der Waals surface area contributed by atoms with Gasteiger partial charge in [0.15, 0.2) is 0 Å². The van der Waals surface area contributed by atoms with Crippen molar-refractivity contribution in [3.05, 3.63) is 21.4 Å². The fourth-order valence-electron chi connectivity index (χ4n) is 1.13. The normalized spacial score (nSPS) is 10.7. The van der Waals surface area contributed by atoms with E-state index in [-0.39, 0.29) is 12.1 Å². The highest BCUT2D eigenvalue weighted by Gasteiger charge is 2.14. The Morgan fingerprint density at radius 3 is 2.87 bits per heavy atom. The van der Waals surface area contributed by atoms with E-state index < -0.39 is 0 Å². The molecule has 1 heterocycles. The molecule has 0 atom stereocenters. The summed E-state index contributed by atoms with van der Waals surface area (Å²) >= 11 is 2.72. The molecule has 0 amide bonds. The Hall–Kier alpha value is -0.520. The molecule has 3 nitrogen and oxygen atoms in total. The minimum absolute atomic E-state index is 0.0766. The SMILES string of the molecule is Cc1sc(C(=O)OC(C)C)cc1CSN. The van der Waals surface area contributed by atoms with E-state index in [1.165, 1.54) is 23.3 Å².